The van der Waals surface area contributed by atoms with E-state index in [-0.39, 0.29) is 57.2 Å². The highest BCUT2D eigenvalue weighted by molar-refractivity contribution is 5.72. The van der Waals surface area contributed by atoms with Gasteiger partial charge in [-0.1, -0.05) is 48.6 Å². The normalized spacial score (nSPS) is 49.6. The van der Waals surface area contributed by atoms with Crippen LogP contribution in [0.15, 0.2) is 71.8 Å². The number of ether oxygens (including phenoxy) is 2. The second kappa shape index (κ2) is 10.7. The van der Waals surface area contributed by atoms with Gasteiger partial charge in [-0.2, -0.15) is 0 Å². The van der Waals surface area contributed by atoms with Gasteiger partial charge in [0.25, 0.3) is 0 Å². The number of benzene rings is 2. The zero-order valence-electron chi connectivity index (χ0n) is 31.4. The van der Waals surface area contributed by atoms with Crippen molar-refractivity contribution >= 4 is 11.4 Å². The number of quaternary nitrogens is 2. The Morgan fingerprint density at radius 1 is 0.611 bits per heavy atom. The number of rotatable bonds is 4. The van der Waals surface area contributed by atoms with Gasteiger partial charge in [0, 0.05) is 72.6 Å². The van der Waals surface area contributed by atoms with Crippen molar-refractivity contribution in [1.29, 1.82) is 0 Å². The van der Waals surface area contributed by atoms with Crippen molar-refractivity contribution < 1.29 is 52.4 Å². The molecular formula is C46H54Br2N4O2. The van der Waals surface area contributed by atoms with Gasteiger partial charge in [-0.15, -0.1) is 0 Å². The standard InChI is InChI=1S/C46H54N4O2.2BrH/c1-3-7-35-33(5-1)45-15-17-49(23-27-9-10-27)25-29-14-20-52-44-39(31(29)21-37(45)49)41(45)47(35)43-40-32-22-38-46(34-6-2-4-8-36(34)48(44)42(40)46)16-18-50(38,24-28-11-12-28)26-30(32)13-19-51-43;;/h1-8,13-14,27-28,31-32,37-44H,9-12,15-26H2;2*1H/q+2;;/p-2/t31-,32-,37-,38-,39+,40+,41-,42-,43+,44+,45+,46+,49?,50?;;/m0../s1. The van der Waals surface area contributed by atoms with Gasteiger partial charge in [-0.25, -0.2) is 0 Å². The quantitative estimate of drug-likeness (QED) is 0.323. The minimum atomic E-state index is 0. The average molecular weight is 855 g/mol. The third-order valence-electron chi connectivity index (χ3n) is 19.1. The number of halogens is 2. The molecule has 4 bridgehead atoms. The smallest absolute Gasteiger partial charge is 0.136 e. The monoisotopic (exact) mass is 852 g/mol. The molecular weight excluding hydrogens is 800 g/mol. The van der Waals surface area contributed by atoms with Crippen LogP contribution in [-0.4, -0.2) is 98.1 Å². The maximum atomic E-state index is 7.61. The largest absolute Gasteiger partial charge is 1.00 e. The summed E-state index contributed by atoms with van der Waals surface area (Å²) < 4.78 is 17.9. The summed E-state index contributed by atoms with van der Waals surface area (Å²) in [4.78, 5) is 6.10. The highest BCUT2D eigenvalue weighted by Crippen LogP contribution is 2.73. The number of hydrogen-bond donors (Lipinski definition) is 0. The zero-order chi connectivity index (χ0) is 33.3. The fraction of sp³-hybridized carbons (Fsp3) is 0.652. The lowest BCUT2D eigenvalue weighted by Gasteiger charge is -2.65. The van der Waals surface area contributed by atoms with E-state index in [4.69, 9.17) is 9.47 Å². The van der Waals surface area contributed by atoms with Gasteiger partial charge in [0.05, 0.1) is 62.3 Å². The van der Waals surface area contributed by atoms with Gasteiger partial charge in [0.2, 0.25) is 0 Å². The Morgan fingerprint density at radius 3 is 1.50 bits per heavy atom. The van der Waals surface area contributed by atoms with Gasteiger partial charge in [0.15, 0.2) is 0 Å². The van der Waals surface area contributed by atoms with E-state index in [1.165, 1.54) is 111 Å². The minimum Gasteiger partial charge on any atom is -1.00 e. The molecule has 2 aromatic carbocycles. The SMILES string of the molecule is C1=C2C[N+]3(CC4CC4)CC[C@]45c6ccccc6N6[C@@H]7OCC=C8C[N+]9(CC%10CC%10)CC[C@]%10%11c%12ccccc%12N([C@H](OC1)[C@@H]([C@H]64)[C@H]2C[C@@H]53)[C@H]%10[C@H]7[C@H]8C[C@@H]%119.[Br-].[Br-]. The van der Waals surface area contributed by atoms with Crippen LogP contribution in [0.2, 0.25) is 0 Å². The summed E-state index contributed by atoms with van der Waals surface area (Å²) in [5.41, 5.74) is 10.3. The number of nitrogens with zero attached hydrogens (tertiary/aromatic N) is 4. The predicted molar refractivity (Wildman–Crippen MR) is 200 cm³/mol. The van der Waals surface area contributed by atoms with Crippen molar-refractivity contribution in [1.82, 2.24) is 0 Å². The van der Waals surface area contributed by atoms with E-state index in [0.29, 0.717) is 47.8 Å². The summed E-state index contributed by atoms with van der Waals surface area (Å²) in [6.45, 7) is 9.63. The lowest BCUT2D eigenvalue weighted by molar-refractivity contribution is -0.944. The van der Waals surface area contributed by atoms with Gasteiger partial charge >= 0.3 is 0 Å². The first-order chi connectivity index (χ1) is 25.6. The topological polar surface area (TPSA) is 24.9 Å². The lowest BCUT2D eigenvalue weighted by Crippen LogP contribution is -3.00. The van der Waals surface area contributed by atoms with Crippen LogP contribution in [0.1, 0.15) is 62.5 Å². The molecule has 0 aromatic heterocycles. The summed E-state index contributed by atoms with van der Waals surface area (Å²) in [6, 6.07) is 22.0. The van der Waals surface area contributed by atoms with Crippen molar-refractivity contribution in [3.05, 3.63) is 83.0 Å². The van der Waals surface area contributed by atoms with Crippen molar-refractivity contribution in [2.75, 3.05) is 62.3 Å². The highest BCUT2D eigenvalue weighted by atomic mass is 79.9. The fourth-order valence-electron chi connectivity index (χ4n) is 17.5. The van der Waals surface area contributed by atoms with E-state index in [0.717, 1.165) is 25.0 Å². The maximum Gasteiger partial charge on any atom is 0.136 e. The first kappa shape index (κ1) is 33.3. The molecule has 4 saturated carbocycles. The van der Waals surface area contributed by atoms with E-state index < -0.39 is 0 Å². The molecule has 6 nitrogen and oxygen atoms in total. The molecule has 9 heterocycles. The molecule has 2 unspecified atom stereocenters. The molecule has 0 amide bonds. The van der Waals surface area contributed by atoms with E-state index >= 15 is 0 Å². The van der Waals surface area contributed by atoms with E-state index in [9.17, 15) is 0 Å². The van der Waals surface area contributed by atoms with E-state index in [2.05, 4.69) is 70.5 Å². The van der Waals surface area contributed by atoms with E-state index in [1.807, 2.05) is 0 Å². The predicted octanol–water partition coefficient (Wildman–Crippen LogP) is 0.124. The molecule has 9 fully saturated rings. The van der Waals surface area contributed by atoms with Gasteiger partial charge < -0.3 is 62.2 Å². The fourth-order valence-corrected chi connectivity index (χ4v) is 17.5. The molecule has 14 atom stereocenters. The van der Waals surface area contributed by atoms with Gasteiger partial charge in [0.1, 0.15) is 37.6 Å². The molecule has 0 radical (unpaired) electrons. The van der Waals surface area contributed by atoms with Crippen LogP contribution in [0.4, 0.5) is 11.4 Å². The molecule has 13 aliphatic rings. The number of anilines is 2. The Balaban J connectivity index is 0.00000156. The summed E-state index contributed by atoms with van der Waals surface area (Å²) in [5, 5.41) is 0. The first-order valence-corrected chi connectivity index (χ1v) is 21.7. The Hall–Kier alpha value is -1.68. The molecule has 8 heteroatoms. The van der Waals surface area contributed by atoms with Gasteiger partial charge in [-0.3, -0.25) is 0 Å². The van der Waals surface area contributed by atoms with Crippen molar-refractivity contribution in [3.63, 3.8) is 0 Å². The Morgan fingerprint density at radius 2 is 1.06 bits per heavy atom. The maximum absolute atomic E-state index is 7.61. The van der Waals surface area contributed by atoms with Crippen molar-refractivity contribution in [3.8, 4) is 0 Å². The number of piperidine rings is 2. The zero-order valence-corrected chi connectivity index (χ0v) is 34.5. The second-order valence-corrected chi connectivity index (χ2v) is 20.6. The molecule has 15 rings (SSSR count). The molecule has 0 N–H and O–H groups in total. The molecule has 9 aliphatic heterocycles. The Bertz CT molecular complexity index is 1910. The van der Waals surface area contributed by atoms with Crippen LogP contribution < -0.4 is 43.8 Å². The van der Waals surface area contributed by atoms with E-state index in [1.54, 1.807) is 22.3 Å². The van der Waals surface area contributed by atoms with Gasteiger partial charge in [-0.05, 0) is 60.1 Å². The number of hydrogen-bond acceptors (Lipinski definition) is 4. The molecule has 284 valence electrons. The summed E-state index contributed by atoms with van der Waals surface area (Å²) >= 11 is 0. The Kier molecular flexibility index (Phi) is 6.59. The molecule has 2 aromatic rings. The van der Waals surface area contributed by atoms with Crippen LogP contribution >= 0.6 is 0 Å². The molecule has 54 heavy (non-hydrogen) atoms. The lowest BCUT2D eigenvalue weighted by atomic mass is 9.52. The van der Waals surface area contributed by atoms with Crippen molar-refractivity contribution in [2.24, 2.45) is 35.5 Å². The second-order valence-electron chi connectivity index (χ2n) is 20.6. The van der Waals surface area contributed by atoms with Crippen LogP contribution in [0.25, 0.3) is 0 Å². The van der Waals surface area contributed by atoms with Crippen molar-refractivity contribution in [2.45, 2.75) is 98.8 Å². The Labute approximate surface area is 341 Å². The third-order valence-corrected chi connectivity index (χ3v) is 19.1. The van der Waals surface area contributed by atoms with Crippen LogP contribution in [-0.2, 0) is 20.3 Å². The first-order valence-electron chi connectivity index (χ1n) is 21.7. The highest BCUT2D eigenvalue weighted by Gasteiger charge is 2.81. The van der Waals surface area contributed by atoms with Crippen LogP contribution in [0.5, 0.6) is 0 Å². The summed E-state index contributed by atoms with van der Waals surface area (Å²) in [5.74, 6) is 3.91. The summed E-state index contributed by atoms with van der Waals surface area (Å²) in [7, 11) is 0. The number of para-hydroxylation sites is 2. The molecule has 4 aliphatic carbocycles. The average Bonchev–Trinajstić information content (AvgIpc) is 4.07. The molecule has 5 saturated heterocycles. The number of fused-ring (bicyclic) bond motifs is 6. The van der Waals surface area contributed by atoms with Crippen LogP contribution in [0.3, 0.4) is 0 Å². The summed E-state index contributed by atoms with van der Waals surface area (Å²) in [6.07, 6.45) is 16.6. The van der Waals surface area contributed by atoms with Crippen LogP contribution in [0, 0.1) is 35.5 Å². The molecule has 2 spiro atoms. The third kappa shape index (κ3) is 3.60. The minimum absolute atomic E-state index is 0.